The Morgan fingerprint density at radius 3 is 2.86 bits per heavy atom. The molecule has 76 valence electrons. The highest BCUT2D eigenvalue weighted by molar-refractivity contribution is 5.87. The zero-order valence-electron chi connectivity index (χ0n) is 7.79. The molecular weight excluding hydrogens is 187 g/mol. The van der Waals surface area contributed by atoms with Crippen LogP contribution in [0.2, 0.25) is 0 Å². The Labute approximate surface area is 81.1 Å². The first-order valence-corrected chi connectivity index (χ1v) is 4.24. The first kappa shape index (κ1) is 10.7. The lowest BCUT2D eigenvalue weighted by atomic mass is 10.1. The Hall–Kier alpha value is -1.42. The minimum Gasteiger partial charge on any atom is -0.478 e. The van der Waals surface area contributed by atoms with E-state index in [1.165, 1.54) is 12.1 Å². The molecule has 0 aliphatic rings. The Balaban J connectivity index is 2.90. The fourth-order valence-electron chi connectivity index (χ4n) is 1.03. The first-order chi connectivity index (χ1) is 6.65. The number of ether oxygens (including phenoxy) is 1. The Bertz CT molecular complexity index is 336. The molecule has 1 rings (SSSR count). The molecule has 0 atom stereocenters. The molecule has 3 nitrogen and oxygen atoms in total. The lowest BCUT2D eigenvalue weighted by molar-refractivity contribution is 0.0696. The van der Waals surface area contributed by atoms with Crippen molar-refractivity contribution in [1.82, 2.24) is 0 Å². The van der Waals surface area contributed by atoms with Crippen LogP contribution in [0.3, 0.4) is 0 Å². The zero-order chi connectivity index (χ0) is 10.6. The predicted molar refractivity (Wildman–Crippen MR) is 48.7 cm³/mol. The fraction of sp³-hybridized carbons (Fsp3) is 0.300. The summed E-state index contributed by atoms with van der Waals surface area (Å²) in [4.78, 5) is 10.6. The van der Waals surface area contributed by atoms with E-state index in [0.29, 0.717) is 6.61 Å². The first-order valence-electron chi connectivity index (χ1n) is 4.24. The van der Waals surface area contributed by atoms with Gasteiger partial charge in [-0.25, -0.2) is 9.18 Å². The standard InChI is InChI=1S/C10H11FO3/c1-2-14-6-8-5-7(10(12)13)3-4-9(8)11/h3-5H,2,6H2,1H3,(H,12,13). The van der Waals surface area contributed by atoms with Crippen molar-refractivity contribution in [3.05, 3.63) is 35.1 Å². The monoisotopic (exact) mass is 198 g/mol. The molecule has 0 aliphatic carbocycles. The highest BCUT2D eigenvalue weighted by Gasteiger charge is 2.07. The van der Waals surface area contributed by atoms with Gasteiger partial charge in [-0.1, -0.05) is 0 Å². The van der Waals surface area contributed by atoms with E-state index in [1.54, 1.807) is 6.92 Å². The second-order valence-electron chi connectivity index (χ2n) is 2.75. The van der Waals surface area contributed by atoms with E-state index in [-0.39, 0.29) is 17.7 Å². The average molecular weight is 198 g/mol. The molecule has 1 aromatic rings. The molecule has 0 aliphatic heterocycles. The molecule has 1 aromatic carbocycles. The molecule has 0 saturated heterocycles. The summed E-state index contributed by atoms with van der Waals surface area (Å²) in [6, 6.07) is 3.65. The van der Waals surface area contributed by atoms with Crippen LogP contribution < -0.4 is 0 Å². The van der Waals surface area contributed by atoms with Gasteiger partial charge in [0.15, 0.2) is 0 Å². The van der Waals surface area contributed by atoms with E-state index in [9.17, 15) is 9.18 Å². The molecule has 14 heavy (non-hydrogen) atoms. The van der Waals surface area contributed by atoms with Crippen LogP contribution in [0.4, 0.5) is 4.39 Å². The molecule has 0 saturated carbocycles. The van der Waals surface area contributed by atoms with Crippen molar-refractivity contribution >= 4 is 5.97 Å². The molecule has 0 bridgehead atoms. The number of aromatic carboxylic acids is 1. The minimum atomic E-state index is -1.07. The average Bonchev–Trinajstić information content (AvgIpc) is 2.16. The molecule has 0 heterocycles. The summed E-state index contributed by atoms with van der Waals surface area (Å²) >= 11 is 0. The van der Waals surface area contributed by atoms with E-state index in [0.717, 1.165) is 6.07 Å². The molecule has 0 radical (unpaired) electrons. The molecule has 1 N–H and O–H groups in total. The van der Waals surface area contributed by atoms with E-state index in [1.807, 2.05) is 0 Å². The van der Waals surface area contributed by atoms with E-state index in [4.69, 9.17) is 9.84 Å². The van der Waals surface area contributed by atoms with Gasteiger partial charge in [-0.05, 0) is 25.1 Å². The summed E-state index contributed by atoms with van der Waals surface area (Å²) in [6.45, 7) is 2.36. The van der Waals surface area contributed by atoms with Gasteiger partial charge >= 0.3 is 5.97 Å². The molecule has 4 heteroatoms. The molecule has 0 fully saturated rings. The van der Waals surface area contributed by atoms with Crippen molar-refractivity contribution in [2.75, 3.05) is 6.61 Å². The van der Waals surface area contributed by atoms with Gasteiger partial charge in [-0.3, -0.25) is 0 Å². The summed E-state index contributed by atoms with van der Waals surface area (Å²) in [5.41, 5.74) is 0.341. The Kier molecular flexibility index (Phi) is 3.59. The highest BCUT2D eigenvalue weighted by atomic mass is 19.1. The third-order valence-corrected chi connectivity index (χ3v) is 1.75. The zero-order valence-corrected chi connectivity index (χ0v) is 7.79. The summed E-state index contributed by atoms with van der Waals surface area (Å²) in [5, 5.41) is 8.66. The lowest BCUT2D eigenvalue weighted by Crippen LogP contribution is -2.01. The number of hydrogen-bond donors (Lipinski definition) is 1. The van der Waals surface area contributed by atoms with Crippen LogP contribution in [0, 0.1) is 5.82 Å². The van der Waals surface area contributed by atoms with Gasteiger partial charge in [0.25, 0.3) is 0 Å². The Morgan fingerprint density at radius 2 is 2.29 bits per heavy atom. The summed E-state index contributed by atoms with van der Waals surface area (Å²) in [7, 11) is 0. The smallest absolute Gasteiger partial charge is 0.335 e. The van der Waals surface area contributed by atoms with Crippen molar-refractivity contribution in [2.24, 2.45) is 0 Å². The van der Waals surface area contributed by atoms with Crippen molar-refractivity contribution < 1.29 is 19.0 Å². The van der Waals surface area contributed by atoms with Crippen molar-refractivity contribution in [2.45, 2.75) is 13.5 Å². The van der Waals surface area contributed by atoms with Crippen molar-refractivity contribution in [3.63, 3.8) is 0 Å². The van der Waals surface area contributed by atoms with Gasteiger partial charge in [0.05, 0.1) is 12.2 Å². The van der Waals surface area contributed by atoms with Gasteiger partial charge in [-0.2, -0.15) is 0 Å². The van der Waals surface area contributed by atoms with Gasteiger partial charge in [-0.15, -0.1) is 0 Å². The number of carboxylic acid groups (broad SMARTS) is 1. The minimum absolute atomic E-state index is 0.0705. The van der Waals surface area contributed by atoms with Crippen LogP contribution in [0.1, 0.15) is 22.8 Å². The summed E-state index contributed by atoms with van der Waals surface area (Å²) in [6.07, 6.45) is 0. The van der Waals surface area contributed by atoms with E-state index in [2.05, 4.69) is 0 Å². The maximum absolute atomic E-state index is 13.1. The number of carbonyl (C=O) groups is 1. The number of benzene rings is 1. The summed E-state index contributed by atoms with van der Waals surface area (Å²) < 4.78 is 18.1. The van der Waals surface area contributed by atoms with Gasteiger partial charge in [0, 0.05) is 12.2 Å². The summed E-state index contributed by atoms with van der Waals surface area (Å²) in [5.74, 6) is -1.51. The number of halogens is 1. The predicted octanol–water partition coefficient (Wildman–Crippen LogP) is 2.06. The third kappa shape index (κ3) is 2.53. The van der Waals surface area contributed by atoms with Crippen LogP contribution >= 0.6 is 0 Å². The fourth-order valence-corrected chi connectivity index (χ4v) is 1.03. The van der Waals surface area contributed by atoms with Gasteiger partial charge in [0.1, 0.15) is 5.82 Å². The topological polar surface area (TPSA) is 46.5 Å². The second-order valence-corrected chi connectivity index (χ2v) is 2.75. The van der Waals surface area contributed by atoms with Crippen LogP contribution in [-0.4, -0.2) is 17.7 Å². The SMILES string of the molecule is CCOCc1cc(C(=O)O)ccc1F. The number of rotatable bonds is 4. The quantitative estimate of drug-likeness (QED) is 0.805. The number of hydrogen-bond acceptors (Lipinski definition) is 2. The molecule has 0 aromatic heterocycles. The van der Waals surface area contributed by atoms with Crippen LogP contribution in [0.25, 0.3) is 0 Å². The highest BCUT2D eigenvalue weighted by Crippen LogP contribution is 2.11. The van der Waals surface area contributed by atoms with Gasteiger partial charge in [0.2, 0.25) is 0 Å². The van der Waals surface area contributed by atoms with Crippen molar-refractivity contribution in [3.8, 4) is 0 Å². The van der Waals surface area contributed by atoms with Crippen molar-refractivity contribution in [1.29, 1.82) is 0 Å². The van der Waals surface area contributed by atoms with E-state index >= 15 is 0 Å². The maximum atomic E-state index is 13.1. The molecule has 0 spiro atoms. The maximum Gasteiger partial charge on any atom is 0.335 e. The van der Waals surface area contributed by atoms with Crippen LogP contribution in [-0.2, 0) is 11.3 Å². The van der Waals surface area contributed by atoms with Gasteiger partial charge < -0.3 is 9.84 Å². The van der Waals surface area contributed by atoms with Crippen LogP contribution in [0.15, 0.2) is 18.2 Å². The largest absolute Gasteiger partial charge is 0.478 e. The normalized spacial score (nSPS) is 10.1. The third-order valence-electron chi connectivity index (χ3n) is 1.75. The Morgan fingerprint density at radius 1 is 1.57 bits per heavy atom. The van der Waals surface area contributed by atoms with E-state index < -0.39 is 11.8 Å². The van der Waals surface area contributed by atoms with Crippen LogP contribution in [0.5, 0.6) is 0 Å². The lowest BCUT2D eigenvalue weighted by Gasteiger charge is -2.04. The second kappa shape index (κ2) is 4.72. The molecular formula is C10H11FO3. The molecule has 0 amide bonds. The number of carboxylic acids is 1. The molecule has 0 unspecified atom stereocenters.